The van der Waals surface area contributed by atoms with Gasteiger partial charge in [0.2, 0.25) is 0 Å². The fourth-order valence-corrected chi connectivity index (χ4v) is 3.43. The summed E-state index contributed by atoms with van der Waals surface area (Å²) in [6.07, 6.45) is 0.0625. The molecule has 1 amide bonds. The molecule has 2 aliphatic rings. The van der Waals surface area contributed by atoms with Gasteiger partial charge in [0.15, 0.2) is 11.5 Å². The van der Waals surface area contributed by atoms with Crippen LogP contribution in [0.5, 0.6) is 11.5 Å². The van der Waals surface area contributed by atoms with Crippen molar-refractivity contribution in [1.29, 1.82) is 0 Å². The fourth-order valence-electron chi connectivity index (χ4n) is 3.43. The molecule has 3 heterocycles. The first-order chi connectivity index (χ1) is 12.6. The molecule has 0 saturated carbocycles. The van der Waals surface area contributed by atoms with Gasteiger partial charge in [-0.05, 0) is 37.1 Å². The van der Waals surface area contributed by atoms with E-state index >= 15 is 0 Å². The average molecular weight is 357 g/mol. The molecule has 1 atom stereocenters. The highest BCUT2D eigenvalue weighted by atomic mass is 16.6. The lowest BCUT2D eigenvalue weighted by Gasteiger charge is -2.29. The minimum atomic E-state index is -0.558. The molecular formula is C19H23N3O4. The Kier molecular flexibility index (Phi) is 4.32. The fraction of sp³-hybridized carbons (Fsp3) is 0.474. The molecule has 138 valence electrons. The van der Waals surface area contributed by atoms with Gasteiger partial charge in [-0.1, -0.05) is 6.92 Å². The van der Waals surface area contributed by atoms with Gasteiger partial charge in [0.1, 0.15) is 13.2 Å². The van der Waals surface area contributed by atoms with E-state index in [1.54, 1.807) is 6.07 Å². The molecule has 2 aromatic rings. The molecule has 26 heavy (non-hydrogen) atoms. The van der Waals surface area contributed by atoms with E-state index in [0.29, 0.717) is 62.0 Å². The van der Waals surface area contributed by atoms with Crippen LogP contribution in [-0.4, -0.2) is 45.5 Å². The first-order valence-electron chi connectivity index (χ1n) is 9.01. The molecule has 2 aliphatic heterocycles. The van der Waals surface area contributed by atoms with E-state index in [2.05, 4.69) is 5.10 Å². The Balaban J connectivity index is 1.57. The van der Waals surface area contributed by atoms with Crippen LogP contribution in [0.4, 0.5) is 0 Å². The van der Waals surface area contributed by atoms with Crippen LogP contribution in [0.15, 0.2) is 18.2 Å². The number of carbonyl (C=O) groups is 1. The van der Waals surface area contributed by atoms with E-state index in [0.717, 1.165) is 11.3 Å². The van der Waals surface area contributed by atoms with Gasteiger partial charge in [0, 0.05) is 12.1 Å². The number of aryl methyl sites for hydroxylation is 1. The lowest BCUT2D eigenvalue weighted by atomic mass is 10.1. The number of nitrogens with zero attached hydrogens (tertiary/aromatic N) is 3. The van der Waals surface area contributed by atoms with E-state index in [4.69, 9.17) is 9.47 Å². The molecule has 4 rings (SSSR count). The first kappa shape index (κ1) is 16.9. The van der Waals surface area contributed by atoms with Crippen LogP contribution in [0.3, 0.4) is 0 Å². The Morgan fingerprint density at radius 3 is 2.69 bits per heavy atom. The van der Waals surface area contributed by atoms with Crippen LogP contribution >= 0.6 is 0 Å². The van der Waals surface area contributed by atoms with Gasteiger partial charge in [-0.15, -0.1) is 0 Å². The first-order valence-corrected chi connectivity index (χ1v) is 9.01. The number of hydrogen-bond acceptors (Lipinski definition) is 5. The zero-order chi connectivity index (χ0) is 18.3. The Bertz CT molecular complexity index is 846. The van der Waals surface area contributed by atoms with Crippen LogP contribution in [-0.2, 0) is 13.1 Å². The van der Waals surface area contributed by atoms with Crippen molar-refractivity contribution in [3.8, 4) is 11.5 Å². The number of hydrogen-bond donors (Lipinski definition) is 1. The summed E-state index contributed by atoms with van der Waals surface area (Å²) in [5, 5.41) is 14.5. The van der Waals surface area contributed by atoms with E-state index < -0.39 is 6.10 Å². The van der Waals surface area contributed by atoms with Crippen LogP contribution in [0.25, 0.3) is 0 Å². The number of amides is 1. The highest BCUT2D eigenvalue weighted by Crippen LogP contribution is 2.34. The predicted molar refractivity (Wildman–Crippen MR) is 94.4 cm³/mol. The summed E-state index contributed by atoms with van der Waals surface area (Å²) < 4.78 is 13.1. The molecule has 0 radical (unpaired) electrons. The topological polar surface area (TPSA) is 76.8 Å². The minimum absolute atomic E-state index is 0.0236. The van der Waals surface area contributed by atoms with Crippen LogP contribution in [0.2, 0.25) is 0 Å². The second-order valence-corrected chi connectivity index (χ2v) is 6.75. The maximum Gasteiger partial charge on any atom is 0.254 e. The van der Waals surface area contributed by atoms with E-state index in [1.165, 1.54) is 0 Å². The Morgan fingerprint density at radius 1 is 1.23 bits per heavy atom. The van der Waals surface area contributed by atoms with Crippen LogP contribution < -0.4 is 9.47 Å². The number of ether oxygens (including phenoxy) is 2. The van der Waals surface area contributed by atoms with Gasteiger partial charge in [-0.25, -0.2) is 0 Å². The van der Waals surface area contributed by atoms with Gasteiger partial charge >= 0.3 is 0 Å². The largest absolute Gasteiger partial charge is 0.486 e. The molecule has 1 N–H and O–H groups in total. The van der Waals surface area contributed by atoms with E-state index in [9.17, 15) is 9.90 Å². The van der Waals surface area contributed by atoms with Crippen molar-refractivity contribution in [2.75, 3.05) is 19.8 Å². The third kappa shape index (κ3) is 2.92. The summed E-state index contributed by atoms with van der Waals surface area (Å²) in [5.74, 6) is 1.30. The highest BCUT2D eigenvalue weighted by molar-refractivity contribution is 5.96. The summed E-state index contributed by atoms with van der Waals surface area (Å²) in [6.45, 7) is 6.55. The Hall–Kier alpha value is -2.54. The van der Waals surface area contributed by atoms with E-state index in [-0.39, 0.29) is 5.91 Å². The molecule has 0 unspecified atom stereocenters. The molecule has 0 aliphatic carbocycles. The average Bonchev–Trinajstić information content (AvgIpc) is 3.09. The second-order valence-electron chi connectivity index (χ2n) is 6.75. The number of aromatic nitrogens is 2. The summed E-state index contributed by atoms with van der Waals surface area (Å²) >= 11 is 0. The lowest BCUT2D eigenvalue weighted by molar-refractivity contribution is 0.0703. The summed E-state index contributed by atoms with van der Waals surface area (Å²) in [6, 6.07) is 5.54. The normalized spacial score (nSPS) is 17.0. The van der Waals surface area contributed by atoms with Crippen LogP contribution in [0, 0.1) is 6.92 Å². The maximum absolute atomic E-state index is 13.1. The molecule has 0 spiro atoms. The zero-order valence-electron chi connectivity index (χ0n) is 15.1. The maximum atomic E-state index is 13.1. The van der Waals surface area contributed by atoms with Crippen molar-refractivity contribution in [2.24, 2.45) is 0 Å². The van der Waals surface area contributed by atoms with Crippen LogP contribution in [0.1, 0.15) is 46.8 Å². The molecule has 1 aromatic carbocycles. The van der Waals surface area contributed by atoms with Crippen molar-refractivity contribution >= 4 is 5.91 Å². The molecule has 0 saturated heterocycles. The SMILES string of the molecule is CC[C@H](O)c1cc2n(n1)CCN(C(=O)c1cc3c(cc1C)OCCO3)C2. The summed E-state index contributed by atoms with van der Waals surface area (Å²) in [4.78, 5) is 14.9. The number of carbonyl (C=O) groups excluding carboxylic acids is 1. The van der Waals surface area contributed by atoms with Crippen molar-refractivity contribution in [3.63, 3.8) is 0 Å². The molecule has 0 fully saturated rings. The predicted octanol–water partition coefficient (Wildman–Crippen LogP) is 2.06. The van der Waals surface area contributed by atoms with Gasteiger partial charge in [-0.3, -0.25) is 9.48 Å². The number of benzene rings is 1. The molecular weight excluding hydrogens is 334 g/mol. The number of rotatable bonds is 3. The molecule has 1 aromatic heterocycles. The molecule has 7 nitrogen and oxygen atoms in total. The third-order valence-electron chi connectivity index (χ3n) is 4.95. The smallest absolute Gasteiger partial charge is 0.254 e. The van der Waals surface area contributed by atoms with Crippen molar-refractivity contribution < 1.29 is 19.4 Å². The van der Waals surface area contributed by atoms with Gasteiger partial charge in [0.05, 0.1) is 30.6 Å². The van der Waals surface area contributed by atoms with Crippen molar-refractivity contribution in [1.82, 2.24) is 14.7 Å². The monoisotopic (exact) mass is 357 g/mol. The number of aliphatic hydroxyl groups excluding tert-OH is 1. The van der Waals surface area contributed by atoms with Gasteiger partial charge in [-0.2, -0.15) is 5.10 Å². The third-order valence-corrected chi connectivity index (χ3v) is 4.95. The van der Waals surface area contributed by atoms with E-state index in [1.807, 2.05) is 35.6 Å². The standard InChI is InChI=1S/C19H23N3O4/c1-3-16(23)15-9-13-11-21(4-5-22(13)20-15)19(24)14-10-18-17(8-12(14)2)25-6-7-26-18/h8-10,16,23H,3-7,11H2,1-2H3/t16-/m0/s1. The number of aliphatic hydroxyl groups is 1. The van der Waals surface area contributed by atoms with Gasteiger partial charge < -0.3 is 19.5 Å². The highest BCUT2D eigenvalue weighted by Gasteiger charge is 2.26. The minimum Gasteiger partial charge on any atom is -0.486 e. The quantitative estimate of drug-likeness (QED) is 0.910. The Morgan fingerprint density at radius 2 is 1.96 bits per heavy atom. The zero-order valence-corrected chi connectivity index (χ0v) is 15.1. The molecule has 7 heteroatoms. The van der Waals surface area contributed by atoms with Gasteiger partial charge in [0.25, 0.3) is 5.91 Å². The lowest BCUT2D eigenvalue weighted by Crippen LogP contribution is -2.38. The Labute approximate surface area is 152 Å². The summed E-state index contributed by atoms with van der Waals surface area (Å²) in [7, 11) is 0. The van der Waals surface area contributed by atoms with Crippen molar-refractivity contribution in [3.05, 3.63) is 40.7 Å². The number of fused-ring (bicyclic) bond motifs is 2. The van der Waals surface area contributed by atoms with Crippen molar-refractivity contribution in [2.45, 2.75) is 39.5 Å². The summed E-state index contributed by atoms with van der Waals surface area (Å²) in [5.41, 5.74) is 3.13. The molecule has 0 bridgehead atoms. The second kappa shape index (κ2) is 6.64.